The highest BCUT2D eigenvalue weighted by molar-refractivity contribution is 6.27. The van der Waals surface area contributed by atoms with E-state index >= 15 is 0 Å². The predicted octanol–water partition coefficient (Wildman–Crippen LogP) is 2.35. The highest BCUT2D eigenvalue weighted by Gasteiger charge is 2.43. The number of likely N-dealkylation sites (tertiary alicyclic amines) is 1. The van der Waals surface area contributed by atoms with Gasteiger partial charge in [0.25, 0.3) is 0 Å². The molecule has 0 aromatic carbocycles. The Morgan fingerprint density at radius 3 is 3.00 bits per heavy atom. The SMILES string of the molecule is O=C(CCl)N1C[C@H]2CC[C@H](Cc3ccccn3)[C@H]2C1. The second kappa shape index (κ2) is 5.49. The predicted molar refractivity (Wildman–Crippen MR) is 74.9 cm³/mol. The number of nitrogens with zero attached hydrogens (tertiary/aromatic N) is 2. The van der Waals surface area contributed by atoms with Gasteiger partial charge in [-0.25, -0.2) is 0 Å². The number of amides is 1. The highest BCUT2D eigenvalue weighted by atomic mass is 35.5. The van der Waals surface area contributed by atoms with Crippen LogP contribution < -0.4 is 0 Å². The van der Waals surface area contributed by atoms with Crippen LogP contribution in [-0.4, -0.2) is 34.8 Å². The van der Waals surface area contributed by atoms with E-state index in [1.807, 2.05) is 23.2 Å². The fourth-order valence-corrected chi connectivity index (χ4v) is 3.88. The van der Waals surface area contributed by atoms with Crippen LogP contribution in [0, 0.1) is 17.8 Å². The van der Waals surface area contributed by atoms with Crippen LogP contribution in [0.5, 0.6) is 0 Å². The van der Waals surface area contributed by atoms with Crippen molar-refractivity contribution in [1.82, 2.24) is 9.88 Å². The Hall–Kier alpha value is -1.09. The van der Waals surface area contributed by atoms with E-state index in [4.69, 9.17) is 11.6 Å². The van der Waals surface area contributed by atoms with E-state index in [2.05, 4.69) is 11.1 Å². The highest BCUT2D eigenvalue weighted by Crippen LogP contribution is 2.43. The summed E-state index contributed by atoms with van der Waals surface area (Å²) in [7, 11) is 0. The molecule has 2 aliphatic rings. The third-order valence-electron chi connectivity index (χ3n) is 4.67. The fourth-order valence-electron chi connectivity index (χ4n) is 3.71. The number of fused-ring (bicyclic) bond motifs is 1. The molecular formula is C15H19ClN2O. The maximum absolute atomic E-state index is 11.7. The third-order valence-corrected chi connectivity index (χ3v) is 4.90. The molecule has 1 amide bonds. The van der Waals surface area contributed by atoms with Gasteiger partial charge in [0.15, 0.2) is 0 Å². The zero-order valence-corrected chi connectivity index (χ0v) is 11.7. The Balaban J connectivity index is 1.65. The summed E-state index contributed by atoms with van der Waals surface area (Å²) in [5.74, 6) is 2.21. The first kappa shape index (κ1) is 12.9. The van der Waals surface area contributed by atoms with Gasteiger partial charge in [-0.15, -0.1) is 11.6 Å². The van der Waals surface area contributed by atoms with Gasteiger partial charge in [-0.2, -0.15) is 0 Å². The standard InChI is InChI=1S/C15H19ClN2O/c16-8-15(19)18-9-12-5-4-11(14(12)10-18)7-13-3-1-2-6-17-13/h1-3,6,11-12,14H,4-5,7-10H2/t11-,12-,14-/m1/s1. The van der Waals surface area contributed by atoms with Crippen LogP contribution in [0.25, 0.3) is 0 Å². The Bertz CT molecular complexity index is 451. The minimum absolute atomic E-state index is 0.0904. The van der Waals surface area contributed by atoms with Crippen LogP contribution in [0.4, 0.5) is 0 Å². The van der Waals surface area contributed by atoms with Crippen molar-refractivity contribution in [1.29, 1.82) is 0 Å². The first-order chi connectivity index (χ1) is 9.28. The molecule has 1 saturated heterocycles. The van der Waals surface area contributed by atoms with E-state index < -0.39 is 0 Å². The van der Waals surface area contributed by atoms with Crippen LogP contribution in [0.3, 0.4) is 0 Å². The molecule has 1 aromatic heterocycles. The van der Waals surface area contributed by atoms with Gasteiger partial charge in [-0.05, 0) is 49.1 Å². The molecule has 19 heavy (non-hydrogen) atoms. The summed E-state index contributed by atoms with van der Waals surface area (Å²) in [5, 5.41) is 0. The molecular weight excluding hydrogens is 260 g/mol. The maximum atomic E-state index is 11.7. The van der Waals surface area contributed by atoms with Crippen molar-refractivity contribution >= 4 is 17.5 Å². The average Bonchev–Trinajstić information content (AvgIpc) is 3.01. The molecule has 0 unspecified atom stereocenters. The van der Waals surface area contributed by atoms with E-state index in [9.17, 15) is 4.79 Å². The smallest absolute Gasteiger partial charge is 0.237 e. The molecule has 2 fully saturated rings. The zero-order valence-electron chi connectivity index (χ0n) is 11.0. The summed E-state index contributed by atoms with van der Waals surface area (Å²) in [4.78, 5) is 18.1. The van der Waals surface area contributed by atoms with E-state index in [1.165, 1.54) is 18.5 Å². The first-order valence-corrected chi connectivity index (χ1v) is 7.55. The normalized spacial score (nSPS) is 29.5. The minimum atomic E-state index is 0.0904. The van der Waals surface area contributed by atoms with Gasteiger partial charge < -0.3 is 4.90 Å². The number of rotatable bonds is 3. The number of pyridine rings is 1. The maximum Gasteiger partial charge on any atom is 0.237 e. The lowest BCUT2D eigenvalue weighted by molar-refractivity contribution is -0.127. The van der Waals surface area contributed by atoms with Crippen LogP contribution in [0.2, 0.25) is 0 Å². The molecule has 1 aromatic rings. The van der Waals surface area contributed by atoms with Gasteiger partial charge >= 0.3 is 0 Å². The summed E-state index contributed by atoms with van der Waals surface area (Å²) in [6.07, 6.45) is 5.42. The van der Waals surface area contributed by atoms with Crippen molar-refractivity contribution in [3.05, 3.63) is 30.1 Å². The molecule has 1 saturated carbocycles. The van der Waals surface area contributed by atoms with Crippen molar-refractivity contribution < 1.29 is 4.79 Å². The summed E-state index contributed by atoms with van der Waals surface area (Å²) in [6, 6.07) is 6.11. The molecule has 1 aliphatic heterocycles. The Morgan fingerprint density at radius 1 is 1.37 bits per heavy atom. The van der Waals surface area contributed by atoms with Gasteiger partial charge in [0.05, 0.1) is 0 Å². The van der Waals surface area contributed by atoms with E-state index in [0.29, 0.717) is 17.8 Å². The number of hydrogen-bond acceptors (Lipinski definition) is 2. The number of hydrogen-bond donors (Lipinski definition) is 0. The van der Waals surface area contributed by atoms with Crippen LogP contribution in [0.1, 0.15) is 18.5 Å². The number of carbonyl (C=O) groups excluding carboxylic acids is 1. The molecule has 0 bridgehead atoms. The molecule has 0 radical (unpaired) electrons. The van der Waals surface area contributed by atoms with Crippen molar-refractivity contribution in [2.75, 3.05) is 19.0 Å². The molecule has 3 rings (SSSR count). The van der Waals surface area contributed by atoms with Gasteiger partial charge in [0.1, 0.15) is 5.88 Å². The zero-order chi connectivity index (χ0) is 13.2. The van der Waals surface area contributed by atoms with Crippen molar-refractivity contribution in [2.45, 2.75) is 19.3 Å². The number of halogens is 1. The van der Waals surface area contributed by atoms with Crippen molar-refractivity contribution in [3.8, 4) is 0 Å². The lowest BCUT2D eigenvalue weighted by Gasteiger charge is -2.20. The second-order valence-electron chi connectivity index (χ2n) is 5.72. The summed E-state index contributed by atoms with van der Waals surface area (Å²) < 4.78 is 0. The minimum Gasteiger partial charge on any atom is -0.341 e. The molecule has 3 atom stereocenters. The third kappa shape index (κ3) is 2.62. The molecule has 0 spiro atoms. The van der Waals surface area contributed by atoms with Crippen LogP contribution in [-0.2, 0) is 11.2 Å². The largest absolute Gasteiger partial charge is 0.341 e. The van der Waals surface area contributed by atoms with Crippen molar-refractivity contribution in [2.24, 2.45) is 17.8 Å². The molecule has 2 heterocycles. The summed E-state index contributed by atoms with van der Waals surface area (Å²) in [6.45, 7) is 1.81. The summed E-state index contributed by atoms with van der Waals surface area (Å²) in [5.41, 5.74) is 1.18. The average molecular weight is 279 g/mol. The quantitative estimate of drug-likeness (QED) is 0.795. The monoisotopic (exact) mass is 278 g/mol. The molecule has 1 aliphatic carbocycles. The van der Waals surface area contributed by atoms with E-state index in [1.54, 1.807) is 0 Å². The lowest BCUT2D eigenvalue weighted by atomic mass is 9.89. The van der Waals surface area contributed by atoms with Gasteiger partial charge in [0, 0.05) is 25.0 Å². The molecule has 102 valence electrons. The lowest BCUT2D eigenvalue weighted by Crippen LogP contribution is -2.31. The van der Waals surface area contributed by atoms with Gasteiger partial charge in [0.2, 0.25) is 5.91 Å². The van der Waals surface area contributed by atoms with Gasteiger partial charge in [-0.1, -0.05) is 6.07 Å². The Labute approximate surface area is 119 Å². The van der Waals surface area contributed by atoms with Crippen LogP contribution >= 0.6 is 11.6 Å². The number of aromatic nitrogens is 1. The van der Waals surface area contributed by atoms with Crippen molar-refractivity contribution in [3.63, 3.8) is 0 Å². The summed E-state index contributed by atoms with van der Waals surface area (Å²) >= 11 is 5.65. The molecule has 3 nitrogen and oxygen atoms in total. The number of alkyl halides is 1. The Morgan fingerprint density at radius 2 is 2.26 bits per heavy atom. The topological polar surface area (TPSA) is 33.2 Å². The Kier molecular flexibility index (Phi) is 3.74. The van der Waals surface area contributed by atoms with Gasteiger partial charge in [-0.3, -0.25) is 9.78 Å². The van der Waals surface area contributed by atoms with E-state index in [0.717, 1.165) is 19.5 Å². The number of carbonyl (C=O) groups is 1. The molecule has 0 N–H and O–H groups in total. The fraction of sp³-hybridized carbons (Fsp3) is 0.600. The first-order valence-electron chi connectivity index (χ1n) is 7.01. The van der Waals surface area contributed by atoms with E-state index in [-0.39, 0.29) is 11.8 Å². The molecule has 4 heteroatoms. The second-order valence-corrected chi connectivity index (χ2v) is 5.99. The van der Waals surface area contributed by atoms with Crippen LogP contribution in [0.15, 0.2) is 24.4 Å².